The minimum atomic E-state index is -3.65. The van der Waals surface area contributed by atoms with E-state index in [1.54, 1.807) is 0 Å². The summed E-state index contributed by atoms with van der Waals surface area (Å²) in [6.45, 7) is 1.62. The van der Waals surface area contributed by atoms with Crippen molar-refractivity contribution in [3.63, 3.8) is 0 Å². The number of hydrogen-bond donors (Lipinski definition) is 4. The predicted molar refractivity (Wildman–Crippen MR) is 88.0 cm³/mol. The van der Waals surface area contributed by atoms with E-state index in [0.29, 0.717) is 12.2 Å². The van der Waals surface area contributed by atoms with Gasteiger partial charge in [0.1, 0.15) is 0 Å². The number of fused-ring (bicyclic) bond motifs is 1. The Hall–Kier alpha value is -2.99. The first-order chi connectivity index (χ1) is 12.5. The number of amides is 1. The van der Waals surface area contributed by atoms with Gasteiger partial charge in [-0.3, -0.25) is 4.79 Å². The van der Waals surface area contributed by atoms with Crippen molar-refractivity contribution in [1.82, 2.24) is 10.2 Å². The molecule has 12 heteroatoms. The van der Waals surface area contributed by atoms with E-state index >= 15 is 0 Å². The molecular weight excluding hydrogens is 372 g/mol. The average Bonchev–Trinajstić information content (AvgIpc) is 2.85. The molecule has 1 aliphatic heterocycles. The molecule has 0 radical (unpaired) electrons. The molecule has 0 fully saturated rings. The summed E-state index contributed by atoms with van der Waals surface area (Å²) in [4.78, 5) is 31.9. The molecule has 2 rings (SSSR count). The van der Waals surface area contributed by atoms with Crippen molar-refractivity contribution in [1.29, 1.82) is 0 Å². The van der Waals surface area contributed by atoms with E-state index in [0.717, 1.165) is 6.54 Å². The Bertz CT molecular complexity index is 686. The van der Waals surface area contributed by atoms with Crippen molar-refractivity contribution in [2.75, 3.05) is 39.0 Å². The number of ether oxygens (including phenoxy) is 2. The smallest absolute Gasteiger partial charge is 0.473 e. The zero-order chi connectivity index (χ0) is 20.6. The van der Waals surface area contributed by atoms with Crippen molar-refractivity contribution >= 4 is 23.5 Å². The number of carboxylic acid groups (broad SMARTS) is 2. The first kappa shape index (κ1) is 22.1. The second-order valence-electron chi connectivity index (χ2n) is 5.47. The zero-order valence-corrected chi connectivity index (χ0v) is 14.5. The lowest BCUT2D eigenvalue weighted by Gasteiger charge is -2.10. The van der Waals surface area contributed by atoms with Gasteiger partial charge in [0, 0.05) is 24.8 Å². The molecule has 0 aromatic heterocycles. The molecule has 1 aromatic carbocycles. The number of carboxylic acids is 2. The number of rotatable bonds is 6. The monoisotopic (exact) mass is 391 g/mol. The number of benzene rings is 1. The predicted octanol–water partition coefficient (Wildman–Crippen LogP) is 0.253. The van der Waals surface area contributed by atoms with Gasteiger partial charge in [-0.15, -0.1) is 8.78 Å². The maximum atomic E-state index is 12.9. The van der Waals surface area contributed by atoms with Crippen LogP contribution in [-0.4, -0.2) is 73.0 Å². The normalized spacial score (nSPS) is 13.5. The summed E-state index contributed by atoms with van der Waals surface area (Å²) in [5, 5.41) is 20.3. The van der Waals surface area contributed by atoms with Crippen LogP contribution in [0.3, 0.4) is 0 Å². The van der Waals surface area contributed by atoms with Crippen LogP contribution in [0.1, 0.15) is 0 Å². The summed E-state index contributed by atoms with van der Waals surface area (Å²) in [6.07, 6.45) is -3.65. The maximum Gasteiger partial charge on any atom is 0.586 e. The van der Waals surface area contributed by atoms with Gasteiger partial charge < -0.3 is 35.2 Å². The minimum absolute atomic E-state index is 0.0536. The lowest BCUT2D eigenvalue weighted by atomic mass is 10.3. The Morgan fingerprint density at radius 2 is 1.70 bits per heavy atom. The fourth-order valence-corrected chi connectivity index (χ4v) is 1.74. The van der Waals surface area contributed by atoms with Crippen molar-refractivity contribution in [2.24, 2.45) is 0 Å². The molecule has 0 spiro atoms. The van der Waals surface area contributed by atoms with Crippen molar-refractivity contribution in [3.05, 3.63) is 18.2 Å². The number of nitrogens with zero attached hydrogens (tertiary/aromatic N) is 1. The highest BCUT2D eigenvalue weighted by Crippen LogP contribution is 2.42. The summed E-state index contributed by atoms with van der Waals surface area (Å²) in [5.74, 6) is -4.06. The number of nitrogens with one attached hydrogen (secondary N) is 2. The van der Waals surface area contributed by atoms with Gasteiger partial charge in [-0.05, 0) is 26.2 Å². The molecule has 1 aliphatic rings. The molecule has 0 atom stereocenters. The third-order valence-electron chi connectivity index (χ3n) is 2.89. The summed E-state index contributed by atoms with van der Waals surface area (Å²) in [7, 11) is 3.87. The van der Waals surface area contributed by atoms with Crippen LogP contribution in [0.25, 0.3) is 0 Å². The largest absolute Gasteiger partial charge is 0.586 e. The molecule has 0 bridgehead atoms. The van der Waals surface area contributed by atoms with E-state index < -0.39 is 18.2 Å². The van der Waals surface area contributed by atoms with Gasteiger partial charge in [0.15, 0.2) is 11.5 Å². The van der Waals surface area contributed by atoms with E-state index in [1.807, 2.05) is 19.0 Å². The lowest BCUT2D eigenvalue weighted by Crippen LogP contribution is -2.33. The number of anilines is 1. The molecule has 4 N–H and O–H groups in total. The Labute approximate surface area is 152 Å². The average molecular weight is 391 g/mol. The molecule has 1 amide bonds. The summed E-state index contributed by atoms with van der Waals surface area (Å²) in [5.41, 5.74) is 0.370. The first-order valence-corrected chi connectivity index (χ1v) is 7.51. The molecule has 10 nitrogen and oxygen atoms in total. The summed E-state index contributed by atoms with van der Waals surface area (Å²) >= 11 is 0. The third kappa shape index (κ3) is 8.29. The number of likely N-dealkylation sites (N-methyl/N-ethyl adjacent to an activating group) is 1. The molecule has 0 unspecified atom stereocenters. The number of alkyl halides is 2. The number of hydrogen-bond acceptors (Lipinski definition) is 7. The molecular formula is C15H19F2N3O7. The van der Waals surface area contributed by atoms with Gasteiger partial charge in [-0.2, -0.15) is 0 Å². The highest BCUT2D eigenvalue weighted by Gasteiger charge is 2.43. The standard InChI is InChI=1S/C13H17F2N3O3.C2H2O4/c1-18(2)6-5-16-8-12(19)17-9-3-4-10-11(7-9)21-13(14,15)20-10;3-1(4)2(5)6/h3-4,7,16H,5-6,8H2,1-2H3,(H,17,19);(H,3,4)(H,5,6). The third-order valence-corrected chi connectivity index (χ3v) is 2.89. The van der Waals surface area contributed by atoms with Gasteiger partial charge >= 0.3 is 18.2 Å². The summed E-state index contributed by atoms with van der Waals surface area (Å²) < 4.78 is 34.3. The topological polar surface area (TPSA) is 137 Å². The quantitative estimate of drug-likeness (QED) is 0.397. The van der Waals surface area contributed by atoms with Crippen LogP contribution >= 0.6 is 0 Å². The molecule has 0 saturated heterocycles. The maximum absolute atomic E-state index is 12.9. The molecule has 1 aromatic rings. The first-order valence-electron chi connectivity index (χ1n) is 7.51. The van der Waals surface area contributed by atoms with Crippen LogP contribution in [-0.2, 0) is 14.4 Å². The van der Waals surface area contributed by atoms with Crippen LogP contribution in [0.15, 0.2) is 18.2 Å². The van der Waals surface area contributed by atoms with Crippen molar-refractivity contribution < 1.29 is 42.9 Å². The van der Waals surface area contributed by atoms with Gasteiger partial charge in [-0.1, -0.05) is 0 Å². The highest BCUT2D eigenvalue weighted by molar-refractivity contribution is 6.27. The molecule has 1 heterocycles. The van der Waals surface area contributed by atoms with Crippen molar-refractivity contribution in [3.8, 4) is 11.5 Å². The Balaban J connectivity index is 0.000000527. The fourth-order valence-electron chi connectivity index (χ4n) is 1.74. The fraction of sp³-hybridized carbons (Fsp3) is 0.400. The van der Waals surface area contributed by atoms with E-state index in [4.69, 9.17) is 19.8 Å². The summed E-state index contributed by atoms with van der Waals surface area (Å²) in [6, 6.07) is 4.10. The van der Waals surface area contributed by atoms with Crippen molar-refractivity contribution in [2.45, 2.75) is 6.29 Å². The van der Waals surface area contributed by atoms with Gasteiger partial charge in [-0.25, -0.2) is 9.59 Å². The van der Waals surface area contributed by atoms with Gasteiger partial charge in [0.25, 0.3) is 0 Å². The van der Waals surface area contributed by atoms with E-state index in [9.17, 15) is 13.6 Å². The molecule has 0 saturated carbocycles. The van der Waals surface area contributed by atoms with Gasteiger partial charge in [0.2, 0.25) is 5.91 Å². The molecule has 0 aliphatic carbocycles. The number of halogens is 2. The number of carbonyl (C=O) groups is 3. The minimum Gasteiger partial charge on any atom is -0.473 e. The second-order valence-corrected chi connectivity index (χ2v) is 5.47. The van der Waals surface area contributed by atoms with E-state index in [1.165, 1.54) is 18.2 Å². The lowest BCUT2D eigenvalue weighted by molar-refractivity contribution is -0.286. The number of aliphatic carboxylic acids is 2. The number of carbonyl (C=O) groups excluding carboxylic acids is 1. The van der Waals surface area contributed by atoms with Gasteiger partial charge in [0.05, 0.1) is 6.54 Å². The Morgan fingerprint density at radius 1 is 1.11 bits per heavy atom. The van der Waals surface area contributed by atoms with Crippen LogP contribution < -0.4 is 20.1 Å². The second kappa shape index (κ2) is 9.64. The highest BCUT2D eigenvalue weighted by atomic mass is 19.3. The van der Waals surface area contributed by atoms with Crippen LogP contribution in [0.2, 0.25) is 0 Å². The molecule has 27 heavy (non-hydrogen) atoms. The van der Waals surface area contributed by atoms with E-state index in [-0.39, 0.29) is 24.0 Å². The Kier molecular flexibility index (Phi) is 7.87. The zero-order valence-electron chi connectivity index (χ0n) is 14.5. The SMILES string of the molecule is CN(C)CCNCC(=O)Nc1ccc2c(c1)OC(F)(F)O2.O=C(O)C(=O)O. The van der Waals surface area contributed by atoms with Crippen LogP contribution in [0, 0.1) is 0 Å². The van der Waals surface area contributed by atoms with E-state index in [2.05, 4.69) is 20.1 Å². The Morgan fingerprint density at radius 3 is 2.26 bits per heavy atom. The molecule has 150 valence electrons. The van der Waals surface area contributed by atoms with Crippen LogP contribution in [0.5, 0.6) is 11.5 Å². The van der Waals surface area contributed by atoms with Crippen LogP contribution in [0.4, 0.5) is 14.5 Å².